The van der Waals surface area contributed by atoms with Crippen LogP contribution in [0, 0.1) is 5.92 Å². The molecule has 1 aliphatic carbocycles. The van der Waals surface area contributed by atoms with Crippen LogP contribution in [-0.4, -0.2) is 36.6 Å². The Labute approximate surface area is 129 Å². The predicted octanol–water partition coefficient (Wildman–Crippen LogP) is 3.47. The Bertz CT molecular complexity index is 413. The normalized spacial score (nSPS) is 26.9. The van der Waals surface area contributed by atoms with Gasteiger partial charge in [0.25, 0.3) is 0 Å². The van der Waals surface area contributed by atoms with Crippen LogP contribution in [0.15, 0.2) is 30.3 Å². The monoisotopic (exact) mass is 286 g/mol. The number of benzene rings is 1. The highest BCUT2D eigenvalue weighted by Gasteiger charge is 2.38. The van der Waals surface area contributed by atoms with Gasteiger partial charge >= 0.3 is 0 Å². The minimum absolute atomic E-state index is 0.724. The Morgan fingerprint density at radius 1 is 1.19 bits per heavy atom. The van der Waals surface area contributed by atoms with E-state index in [0.717, 1.165) is 18.0 Å². The molecule has 1 saturated carbocycles. The average Bonchev–Trinajstić information content (AvgIpc) is 3.34. The molecular weight excluding hydrogens is 256 g/mol. The molecule has 0 amide bonds. The summed E-state index contributed by atoms with van der Waals surface area (Å²) in [5.41, 5.74) is 1.49. The summed E-state index contributed by atoms with van der Waals surface area (Å²) in [6.07, 6.45) is 8.06. The number of hydrogen-bond donors (Lipinski definition) is 1. The van der Waals surface area contributed by atoms with Crippen LogP contribution in [0.25, 0.3) is 0 Å². The number of piperazine rings is 1. The van der Waals surface area contributed by atoms with Gasteiger partial charge in [0.2, 0.25) is 0 Å². The third-order valence-corrected chi connectivity index (χ3v) is 5.10. The van der Waals surface area contributed by atoms with Crippen LogP contribution in [-0.2, 0) is 6.42 Å². The Balaban J connectivity index is 1.50. The van der Waals surface area contributed by atoms with Crippen molar-refractivity contribution in [3.8, 4) is 0 Å². The molecule has 1 aliphatic heterocycles. The Morgan fingerprint density at radius 3 is 2.71 bits per heavy atom. The molecule has 21 heavy (non-hydrogen) atoms. The van der Waals surface area contributed by atoms with Gasteiger partial charge in [0.1, 0.15) is 0 Å². The molecule has 1 N–H and O–H groups in total. The summed E-state index contributed by atoms with van der Waals surface area (Å²) in [5, 5.41) is 3.79. The summed E-state index contributed by atoms with van der Waals surface area (Å²) in [4.78, 5) is 2.80. The summed E-state index contributed by atoms with van der Waals surface area (Å²) in [5.74, 6) is 0.983. The van der Waals surface area contributed by atoms with E-state index < -0.39 is 0 Å². The maximum atomic E-state index is 3.79. The molecule has 2 atom stereocenters. The number of nitrogens with zero attached hydrogens (tertiary/aromatic N) is 1. The molecule has 2 fully saturated rings. The quantitative estimate of drug-likeness (QED) is 0.825. The maximum absolute atomic E-state index is 3.79. The fraction of sp³-hybridized carbons (Fsp3) is 0.684. The molecule has 0 bridgehead atoms. The molecule has 2 unspecified atom stereocenters. The van der Waals surface area contributed by atoms with E-state index in [4.69, 9.17) is 0 Å². The number of hydrogen-bond acceptors (Lipinski definition) is 2. The SMILES string of the molecule is CCCC1CN(CCCc2ccccc2)C(C2CC2)CN1. The van der Waals surface area contributed by atoms with Crippen molar-refractivity contribution in [2.75, 3.05) is 19.6 Å². The maximum Gasteiger partial charge on any atom is 0.0249 e. The smallest absolute Gasteiger partial charge is 0.0249 e. The lowest BCUT2D eigenvalue weighted by Crippen LogP contribution is -2.57. The highest BCUT2D eigenvalue weighted by Crippen LogP contribution is 2.36. The van der Waals surface area contributed by atoms with Gasteiger partial charge in [0.15, 0.2) is 0 Å². The summed E-state index contributed by atoms with van der Waals surface area (Å²) < 4.78 is 0. The van der Waals surface area contributed by atoms with Crippen molar-refractivity contribution in [1.82, 2.24) is 10.2 Å². The van der Waals surface area contributed by atoms with Crippen molar-refractivity contribution in [2.24, 2.45) is 5.92 Å². The van der Waals surface area contributed by atoms with Crippen molar-refractivity contribution in [3.63, 3.8) is 0 Å². The zero-order valence-corrected chi connectivity index (χ0v) is 13.4. The second kappa shape index (κ2) is 7.42. The molecule has 0 aromatic heterocycles. The first-order valence-corrected chi connectivity index (χ1v) is 8.88. The van der Waals surface area contributed by atoms with Crippen LogP contribution in [0.4, 0.5) is 0 Å². The number of nitrogens with one attached hydrogen (secondary N) is 1. The van der Waals surface area contributed by atoms with Crippen LogP contribution in [0.1, 0.15) is 44.6 Å². The van der Waals surface area contributed by atoms with Crippen molar-refractivity contribution >= 4 is 0 Å². The molecule has 3 rings (SSSR count). The van der Waals surface area contributed by atoms with Crippen molar-refractivity contribution in [3.05, 3.63) is 35.9 Å². The van der Waals surface area contributed by atoms with Crippen LogP contribution in [0.2, 0.25) is 0 Å². The van der Waals surface area contributed by atoms with E-state index in [1.165, 1.54) is 63.7 Å². The number of aryl methyl sites for hydroxylation is 1. The predicted molar refractivity (Wildman–Crippen MR) is 89.5 cm³/mol. The molecule has 1 aromatic carbocycles. The zero-order chi connectivity index (χ0) is 14.5. The van der Waals surface area contributed by atoms with Crippen LogP contribution in [0.3, 0.4) is 0 Å². The third kappa shape index (κ3) is 4.31. The van der Waals surface area contributed by atoms with E-state index in [-0.39, 0.29) is 0 Å². The van der Waals surface area contributed by atoms with Gasteiger partial charge in [0, 0.05) is 25.2 Å². The molecule has 1 saturated heterocycles. The lowest BCUT2D eigenvalue weighted by molar-refractivity contribution is 0.110. The standard InChI is InChI=1S/C19H30N2/c1-2-7-18-15-21(19(14-20-18)17-11-12-17)13-6-10-16-8-4-3-5-9-16/h3-5,8-9,17-20H,2,6-7,10-15H2,1H3. The highest BCUT2D eigenvalue weighted by molar-refractivity contribution is 5.14. The van der Waals surface area contributed by atoms with E-state index in [2.05, 4.69) is 47.5 Å². The van der Waals surface area contributed by atoms with E-state index in [1.54, 1.807) is 0 Å². The fourth-order valence-electron chi connectivity index (χ4n) is 3.78. The summed E-state index contributed by atoms with van der Waals surface area (Å²) in [6.45, 7) is 6.07. The van der Waals surface area contributed by atoms with Gasteiger partial charge in [0.05, 0.1) is 0 Å². The van der Waals surface area contributed by atoms with Crippen molar-refractivity contribution in [1.29, 1.82) is 0 Å². The first-order valence-electron chi connectivity index (χ1n) is 8.88. The molecule has 116 valence electrons. The highest BCUT2D eigenvalue weighted by atomic mass is 15.2. The van der Waals surface area contributed by atoms with Crippen LogP contribution in [0.5, 0.6) is 0 Å². The third-order valence-electron chi connectivity index (χ3n) is 5.10. The minimum atomic E-state index is 0.724. The van der Waals surface area contributed by atoms with Crippen LogP contribution >= 0.6 is 0 Å². The second-order valence-electron chi connectivity index (χ2n) is 6.88. The Hall–Kier alpha value is -0.860. The molecule has 0 spiro atoms. The molecule has 1 aromatic rings. The molecule has 1 heterocycles. The second-order valence-corrected chi connectivity index (χ2v) is 6.88. The van der Waals surface area contributed by atoms with Gasteiger partial charge in [-0.25, -0.2) is 0 Å². The first-order chi connectivity index (χ1) is 10.4. The molecule has 2 heteroatoms. The summed E-state index contributed by atoms with van der Waals surface area (Å²) in [6, 6.07) is 12.5. The van der Waals surface area contributed by atoms with Crippen molar-refractivity contribution < 1.29 is 0 Å². The summed E-state index contributed by atoms with van der Waals surface area (Å²) >= 11 is 0. The van der Waals surface area contributed by atoms with E-state index in [0.29, 0.717) is 0 Å². The first kappa shape index (κ1) is 15.1. The lowest BCUT2D eigenvalue weighted by atomic mass is 10.0. The van der Waals surface area contributed by atoms with E-state index >= 15 is 0 Å². The van der Waals surface area contributed by atoms with Gasteiger partial charge in [-0.2, -0.15) is 0 Å². The lowest BCUT2D eigenvalue weighted by Gasteiger charge is -2.41. The summed E-state index contributed by atoms with van der Waals surface area (Å²) in [7, 11) is 0. The molecule has 2 aliphatic rings. The average molecular weight is 286 g/mol. The molecule has 0 radical (unpaired) electrons. The van der Waals surface area contributed by atoms with Gasteiger partial charge in [-0.15, -0.1) is 0 Å². The van der Waals surface area contributed by atoms with Gasteiger partial charge in [-0.05, 0) is 50.1 Å². The molecular formula is C19H30N2. The molecule has 2 nitrogen and oxygen atoms in total. The topological polar surface area (TPSA) is 15.3 Å². The fourth-order valence-corrected chi connectivity index (χ4v) is 3.78. The van der Waals surface area contributed by atoms with Gasteiger partial charge in [-0.1, -0.05) is 43.7 Å². The van der Waals surface area contributed by atoms with Gasteiger partial charge < -0.3 is 5.32 Å². The minimum Gasteiger partial charge on any atom is -0.311 e. The van der Waals surface area contributed by atoms with Crippen LogP contribution < -0.4 is 5.32 Å². The van der Waals surface area contributed by atoms with E-state index in [1.807, 2.05) is 0 Å². The van der Waals surface area contributed by atoms with E-state index in [9.17, 15) is 0 Å². The zero-order valence-electron chi connectivity index (χ0n) is 13.4. The Kier molecular flexibility index (Phi) is 5.32. The Morgan fingerprint density at radius 2 is 2.00 bits per heavy atom. The van der Waals surface area contributed by atoms with Crippen molar-refractivity contribution in [2.45, 2.75) is 57.5 Å². The largest absolute Gasteiger partial charge is 0.311 e. The number of rotatable bonds is 7. The van der Waals surface area contributed by atoms with Gasteiger partial charge in [-0.3, -0.25) is 4.90 Å².